The first-order chi connectivity index (χ1) is 21.4. The van der Waals surface area contributed by atoms with E-state index >= 15 is 0 Å². The third-order valence-electron chi connectivity index (χ3n) is 7.68. The fourth-order valence-corrected chi connectivity index (χ4v) is 6.81. The Morgan fingerprint density at radius 3 is 2.02 bits per heavy atom. The number of carbonyl (C=O) groups is 2. The minimum atomic E-state index is -3.89. The van der Waals surface area contributed by atoms with Crippen LogP contribution < -0.4 is 4.90 Å². The molecular formula is C36H36N2O6S. The topological polar surface area (TPSA) is 97.1 Å². The summed E-state index contributed by atoms with van der Waals surface area (Å²) in [7, 11) is -2.65. The number of esters is 1. The lowest BCUT2D eigenvalue weighted by atomic mass is 10.1. The maximum atomic E-state index is 13.8. The molecule has 5 rings (SSSR count). The third-order valence-corrected chi connectivity index (χ3v) is 9.49. The Kier molecular flexibility index (Phi) is 8.95. The number of methoxy groups -OCH3 is 1. The number of aryl methyl sites for hydroxylation is 4. The van der Waals surface area contributed by atoms with E-state index in [-0.39, 0.29) is 29.3 Å². The number of hydrogen-bond acceptors (Lipinski definition) is 7. The van der Waals surface area contributed by atoms with Gasteiger partial charge in [-0.1, -0.05) is 53.6 Å². The van der Waals surface area contributed by atoms with E-state index in [1.807, 2.05) is 70.2 Å². The van der Waals surface area contributed by atoms with Crippen LogP contribution in [0.3, 0.4) is 0 Å². The molecule has 8 nitrogen and oxygen atoms in total. The van der Waals surface area contributed by atoms with E-state index in [0.717, 1.165) is 33.5 Å². The molecule has 0 saturated carbocycles. The van der Waals surface area contributed by atoms with Crippen molar-refractivity contribution in [2.75, 3.05) is 12.0 Å². The highest BCUT2D eigenvalue weighted by Crippen LogP contribution is 2.37. The normalized spacial score (nSPS) is 14.6. The molecule has 0 spiro atoms. The first-order valence-corrected chi connectivity index (χ1v) is 16.0. The predicted molar refractivity (Wildman–Crippen MR) is 174 cm³/mol. The summed E-state index contributed by atoms with van der Waals surface area (Å²) in [5.41, 5.74) is 6.21. The first-order valence-electron chi connectivity index (χ1n) is 14.5. The zero-order valence-electron chi connectivity index (χ0n) is 26.2. The predicted octanol–water partition coefficient (Wildman–Crippen LogP) is 6.78. The van der Waals surface area contributed by atoms with Gasteiger partial charge >= 0.3 is 5.97 Å². The van der Waals surface area contributed by atoms with E-state index in [9.17, 15) is 18.0 Å². The van der Waals surface area contributed by atoms with Crippen molar-refractivity contribution < 1.29 is 27.2 Å². The highest BCUT2D eigenvalue weighted by atomic mass is 32.2. The summed E-state index contributed by atoms with van der Waals surface area (Å²) in [4.78, 5) is 28.1. The van der Waals surface area contributed by atoms with Crippen molar-refractivity contribution in [1.29, 1.82) is 0 Å². The van der Waals surface area contributed by atoms with Gasteiger partial charge in [0.05, 0.1) is 24.2 Å². The quantitative estimate of drug-likeness (QED) is 0.115. The number of anilines is 1. The van der Waals surface area contributed by atoms with E-state index in [1.54, 1.807) is 54.3 Å². The summed E-state index contributed by atoms with van der Waals surface area (Å²) < 4.78 is 40.1. The Morgan fingerprint density at radius 2 is 1.42 bits per heavy atom. The number of ether oxygens (including phenoxy) is 1. The van der Waals surface area contributed by atoms with E-state index in [4.69, 9.17) is 9.15 Å². The minimum Gasteiger partial charge on any atom is -0.465 e. The number of sulfonamides is 1. The smallest absolute Gasteiger partial charge is 0.343 e. The van der Waals surface area contributed by atoms with Gasteiger partial charge in [-0.15, -0.1) is 0 Å². The Hall–Kier alpha value is -4.73. The van der Waals surface area contributed by atoms with Gasteiger partial charge in [-0.05, 0) is 87.7 Å². The molecule has 0 atom stereocenters. The summed E-state index contributed by atoms with van der Waals surface area (Å²) in [5, 5.41) is 0. The molecule has 0 fully saturated rings. The maximum Gasteiger partial charge on any atom is 0.343 e. The van der Waals surface area contributed by atoms with Crippen LogP contribution in [0.4, 0.5) is 5.69 Å². The average molecular weight is 625 g/mol. The van der Waals surface area contributed by atoms with Gasteiger partial charge < -0.3 is 14.1 Å². The number of carbonyl (C=O) groups excluding carboxylic acids is 2. The SMILES string of the molecule is COC(=O)C1=C(C)N(c2cc(C)cc(C)c2)/C(=C/c2ccc(CN(Cc3ccc(C)cc3)S(=O)(=O)c3ccc(C)cc3)o2)C1=O. The van der Waals surface area contributed by atoms with Crippen molar-refractivity contribution in [2.24, 2.45) is 0 Å². The lowest BCUT2D eigenvalue weighted by Gasteiger charge is -2.22. The largest absolute Gasteiger partial charge is 0.465 e. The van der Waals surface area contributed by atoms with E-state index in [0.29, 0.717) is 17.2 Å². The molecule has 2 heterocycles. The van der Waals surface area contributed by atoms with Gasteiger partial charge in [-0.3, -0.25) is 4.79 Å². The number of nitrogens with zero attached hydrogens (tertiary/aromatic N) is 2. The number of allylic oxidation sites excluding steroid dienone is 2. The molecule has 0 unspecified atom stereocenters. The van der Waals surface area contributed by atoms with Gasteiger partial charge in [-0.2, -0.15) is 4.31 Å². The molecule has 3 aromatic carbocycles. The van der Waals surface area contributed by atoms with Crippen molar-refractivity contribution in [3.63, 3.8) is 0 Å². The lowest BCUT2D eigenvalue weighted by Crippen LogP contribution is -2.30. The Labute approximate surface area is 264 Å². The molecule has 4 aromatic rings. The first kappa shape index (κ1) is 31.7. The van der Waals surface area contributed by atoms with Crippen molar-refractivity contribution in [1.82, 2.24) is 4.31 Å². The number of hydrogen-bond donors (Lipinski definition) is 0. The van der Waals surface area contributed by atoms with Crippen molar-refractivity contribution in [2.45, 2.75) is 52.6 Å². The van der Waals surface area contributed by atoms with Crippen molar-refractivity contribution in [3.8, 4) is 0 Å². The zero-order valence-corrected chi connectivity index (χ0v) is 27.1. The van der Waals surface area contributed by atoms with Gasteiger partial charge in [0.25, 0.3) is 0 Å². The van der Waals surface area contributed by atoms with Crippen molar-refractivity contribution in [3.05, 3.63) is 135 Å². The van der Waals surface area contributed by atoms with Gasteiger partial charge in [-0.25, -0.2) is 13.2 Å². The second-order valence-corrected chi connectivity index (χ2v) is 13.3. The highest BCUT2D eigenvalue weighted by Gasteiger charge is 2.38. The number of ketones is 1. The molecule has 9 heteroatoms. The summed E-state index contributed by atoms with van der Waals surface area (Å²) in [6, 6.07) is 23.7. The fraction of sp³-hybridized carbons (Fsp3) is 0.222. The van der Waals surface area contributed by atoms with Crippen LogP contribution in [0.1, 0.15) is 46.3 Å². The second kappa shape index (κ2) is 12.7. The van der Waals surface area contributed by atoms with Crippen LogP contribution >= 0.6 is 0 Å². The Morgan fingerprint density at radius 1 is 0.822 bits per heavy atom. The molecule has 0 N–H and O–H groups in total. The van der Waals surface area contributed by atoms with Crippen LogP contribution in [0.15, 0.2) is 105 Å². The van der Waals surface area contributed by atoms with Crippen LogP contribution in [-0.2, 0) is 37.4 Å². The number of benzene rings is 3. The third kappa shape index (κ3) is 6.69. The van der Waals surface area contributed by atoms with E-state index in [1.165, 1.54) is 11.4 Å². The molecule has 232 valence electrons. The van der Waals surface area contributed by atoms with Crippen LogP contribution in [0.2, 0.25) is 0 Å². The Bertz CT molecular complexity index is 1910. The van der Waals surface area contributed by atoms with Gasteiger partial charge in [0.1, 0.15) is 17.1 Å². The van der Waals surface area contributed by atoms with E-state index in [2.05, 4.69) is 0 Å². The van der Waals surface area contributed by atoms with Crippen LogP contribution in [0.25, 0.3) is 6.08 Å². The molecule has 1 aliphatic rings. The fourth-order valence-electron chi connectivity index (χ4n) is 5.42. The zero-order chi connectivity index (χ0) is 32.5. The summed E-state index contributed by atoms with van der Waals surface area (Å²) >= 11 is 0. The molecular weight excluding hydrogens is 588 g/mol. The maximum absolute atomic E-state index is 13.8. The molecule has 0 radical (unpaired) electrons. The summed E-state index contributed by atoms with van der Waals surface area (Å²) in [6.45, 7) is 9.61. The van der Waals surface area contributed by atoms with Gasteiger partial charge in [0.2, 0.25) is 15.8 Å². The second-order valence-electron chi connectivity index (χ2n) is 11.4. The summed E-state index contributed by atoms with van der Waals surface area (Å²) in [5.74, 6) is -0.474. The lowest BCUT2D eigenvalue weighted by molar-refractivity contribution is -0.137. The number of Topliss-reactive ketones (excluding diaryl/α,β-unsaturated/α-hetero) is 1. The number of rotatable bonds is 9. The number of furan rings is 1. The average Bonchev–Trinajstić information content (AvgIpc) is 3.53. The van der Waals surface area contributed by atoms with Gasteiger partial charge in [0, 0.05) is 24.0 Å². The molecule has 0 bridgehead atoms. The van der Waals surface area contributed by atoms with Gasteiger partial charge in [0.15, 0.2) is 0 Å². The monoisotopic (exact) mass is 624 g/mol. The molecule has 0 amide bonds. The summed E-state index contributed by atoms with van der Waals surface area (Å²) in [6.07, 6.45) is 1.57. The van der Waals surface area contributed by atoms with E-state index < -0.39 is 21.8 Å². The van der Waals surface area contributed by atoms with Crippen LogP contribution in [0, 0.1) is 27.7 Å². The van der Waals surface area contributed by atoms with Crippen LogP contribution in [0.5, 0.6) is 0 Å². The molecule has 1 aromatic heterocycles. The van der Waals surface area contributed by atoms with Crippen LogP contribution in [-0.4, -0.2) is 31.6 Å². The molecule has 45 heavy (non-hydrogen) atoms. The van der Waals surface area contributed by atoms with Crippen molar-refractivity contribution >= 4 is 33.5 Å². The standard InChI is InChI=1S/C36H36N2O6S/c1-23-7-11-28(12-8-23)21-37(45(41,42)32-15-9-24(2)10-16-32)22-31-14-13-30(44-31)20-33-35(39)34(36(40)43-6)27(5)38(33)29-18-25(3)17-26(4)19-29/h7-20H,21-22H2,1-6H3/b33-20+. The Balaban J connectivity index is 1.51. The molecule has 0 aliphatic carbocycles. The minimum absolute atomic E-state index is 0.0350. The highest BCUT2D eigenvalue weighted by molar-refractivity contribution is 7.89. The molecule has 1 aliphatic heterocycles. The molecule has 0 saturated heterocycles.